The van der Waals surface area contributed by atoms with Gasteiger partial charge in [0.05, 0.1) is 35.7 Å². The van der Waals surface area contributed by atoms with Gasteiger partial charge in [0.1, 0.15) is 0 Å². The molecule has 0 bridgehead atoms. The highest BCUT2D eigenvalue weighted by molar-refractivity contribution is 7.88. The molecule has 1 unspecified atom stereocenters. The maximum Gasteiger partial charge on any atom is 0.416 e. The predicted octanol–water partition coefficient (Wildman–Crippen LogP) is 2.94. The number of halogens is 3. The van der Waals surface area contributed by atoms with E-state index in [1.807, 2.05) is 19.1 Å². The molecule has 2 aliphatic heterocycles. The first kappa shape index (κ1) is 31.5. The van der Waals surface area contributed by atoms with E-state index in [0.29, 0.717) is 48.5 Å². The molecule has 0 saturated carbocycles. The van der Waals surface area contributed by atoms with Crippen molar-refractivity contribution in [2.24, 2.45) is 7.05 Å². The van der Waals surface area contributed by atoms with Crippen molar-refractivity contribution in [1.29, 1.82) is 0 Å². The highest BCUT2D eigenvalue weighted by Crippen LogP contribution is 2.34. The Labute approximate surface area is 258 Å². The van der Waals surface area contributed by atoms with E-state index in [0.717, 1.165) is 48.1 Å². The second-order valence-electron chi connectivity index (χ2n) is 12.1. The number of sulfonamides is 1. The number of fused-ring (bicyclic) bond motifs is 2. The monoisotopic (exact) mass is 647 g/mol. The molecule has 1 fully saturated rings. The van der Waals surface area contributed by atoms with Gasteiger partial charge in [-0.3, -0.25) is 13.8 Å². The number of rotatable bonds is 7. The maximum atomic E-state index is 13.2. The van der Waals surface area contributed by atoms with Crippen LogP contribution in [-0.2, 0) is 42.8 Å². The van der Waals surface area contributed by atoms with Gasteiger partial charge in [-0.05, 0) is 44.0 Å². The predicted molar refractivity (Wildman–Crippen MR) is 162 cm³/mol. The molecule has 15 heteroatoms. The Morgan fingerprint density at radius 1 is 1.04 bits per heavy atom. The largest absolute Gasteiger partial charge is 0.416 e. The number of imidazole rings is 1. The number of alkyl halides is 3. The number of aliphatic hydroxyl groups excluding tert-OH is 1. The van der Waals surface area contributed by atoms with Gasteiger partial charge in [-0.1, -0.05) is 12.1 Å². The number of aromatic nitrogens is 5. The Bertz CT molecular complexity index is 1890. The van der Waals surface area contributed by atoms with Crippen LogP contribution in [-0.4, -0.2) is 85.2 Å². The summed E-state index contributed by atoms with van der Waals surface area (Å²) in [5, 5.41) is 15.8. The molecule has 1 N–H and O–H groups in total. The van der Waals surface area contributed by atoms with Crippen molar-refractivity contribution in [3.63, 3.8) is 0 Å². The Morgan fingerprint density at radius 2 is 1.73 bits per heavy atom. The number of piperidine rings is 1. The molecule has 11 nitrogen and oxygen atoms in total. The molecule has 1 atom stereocenters. The Hall–Kier alpha value is -3.53. The minimum Gasteiger partial charge on any atom is -0.390 e. The van der Waals surface area contributed by atoms with Gasteiger partial charge >= 0.3 is 11.9 Å². The van der Waals surface area contributed by atoms with E-state index >= 15 is 0 Å². The summed E-state index contributed by atoms with van der Waals surface area (Å²) in [5.41, 5.74) is 3.68. The van der Waals surface area contributed by atoms with Gasteiger partial charge in [-0.15, -0.1) is 0 Å². The molecule has 0 aliphatic carbocycles. The Kier molecular flexibility index (Phi) is 8.16. The average molecular weight is 648 g/mol. The molecular weight excluding hydrogens is 611 g/mol. The minimum atomic E-state index is -4.48. The number of hydrogen-bond donors (Lipinski definition) is 1. The number of β-amino-alcohol motifs (C(OH)–C–C–N with tert-alkyl or cyclic N) is 1. The Balaban J connectivity index is 1.18. The minimum absolute atomic E-state index is 0.00823. The lowest BCUT2D eigenvalue weighted by Gasteiger charge is -2.33. The lowest BCUT2D eigenvalue weighted by molar-refractivity contribution is -0.137. The first-order valence-corrected chi connectivity index (χ1v) is 16.7. The van der Waals surface area contributed by atoms with E-state index in [1.54, 1.807) is 20.9 Å². The standard InChI is InChI=1S/C30H36F3N7O4S/c1-19-4-9-26-28(34-19)40(29(42)36(26)2)22-10-13-37(14-11-22)16-23(41)17-39-25-12-15-38(45(3,43)44)18-24(25)27(35-39)20-5-7-21(8-6-20)30(31,32)33/h4-9,22-23,41H,10-18H2,1-3H3. The molecule has 45 heavy (non-hydrogen) atoms. The van der Waals surface area contributed by atoms with E-state index in [2.05, 4.69) is 9.88 Å². The van der Waals surface area contributed by atoms with E-state index in [9.17, 15) is 31.5 Å². The quantitative estimate of drug-likeness (QED) is 0.328. The third-order valence-electron chi connectivity index (χ3n) is 8.90. The van der Waals surface area contributed by atoms with Crippen LogP contribution >= 0.6 is 0 Å². The number of likely N-dealkylation sites (tertiary alicyclic amines) is 1. The first-order chi connectivity index (χ1) is 21.2. The summed E-state index contributed by atoms with van der Waals surface area (Å²) in [7, 11) is -1.75. The zero-order valence-electron chi connectivity index (χ0n) is 25.3. The maximum absolute atomic E-state index is 13.2. The number of nitrogens with zero attached hydrogens (tertiary/aromatic N) is 7. The molecule has 4 aromatic rings. The molecule has 0 radical (unpaired) electrons. The fourth-order valence-corrected chi connectivity index (χ4v) is 7.31. The van der Waals surface area contributed by atoms with Gasteiger partial charge in [0.25, 0.3) is 0 Å². The van der Waals surface area contributed by atoms with Gasteiger partial charge < -0.3 is 10.0 Å². The second kappa shape index (κ2) is 11.7. The van der Waals surface area contributed by atoms with E-state index in [4.69, 9.17) is 5.10 Å². The second-order valence-corrected chi connectivity index (χ2v) is 14.1. The van der Waals surface area contributed by atoms with E-state index in [-0.39, 0.29) is 31.4 Å². The third kappa shape index (κ3) is 6.18. The average Bonchev–Trinajstić information content (AvgIpc) is 3.46. The first-order valence-electron chi connectivity index (χ1n) is 14.9. The third-order valence-corrected chi connectivity index (χ3v) is 10.2. The van der Waals surface area contributed by atoms with Gasteiger partial charge in [-0.2, -0.15) is 22.6 Å². The van der Waals surface area contributed by atoms with Crippen LogP contribution in [0.5, 0.6) is 0 Å². The van der Waals surface area contributed by atoms with Crippen molar-refractivity contribution >= 4 is 21.2 Å². The van der Waals surface area contributed by atoms with Crippen LogP contribution in [0, 0.1) is 6.92 Å². The van der Waals surface area contributed by atoms with Crippen LogP contribution in [0.15, 0.2) is 41.2 Å². The summed E-state index contributed by atoms with van der Waals surface area (Å²) in [6.45, 7) is 4.06. The van der Waals surface area contributed by atoms with Crippen LogP contribution in [0.1, 0.15) is 41.4 Å². The molecule has 242 valence electrons. The van der Waals surface area contributed by atoms with Crippen LogP contribution in [0.2, 0.25) is 0 Å². The van der Waals surface area contributed by atoms with Crippen molar-refractivity contribution in [2.45, 2.75) is 57.6 Å². The number of hydrogen-bond acceptors (Lipinski definition) is 7. The van der Waals surface area contributed by atoms with Crippen molar-refractivity contribution < 1.29 is 26.7 Å². The van der Waals surface area contributed by atoms with Crippen LogP contribution in [0.4, 0.5) is 13.2 Å². The van der Waals surface area contributed by atoms with Gasteiger partial charge in [0.15, 0.2) is 5.65 Å². The lowest BCUT2D eigenvalue weighted by atomic mass is 10.0. The van der Waals surface area contributed by atoms with Crippen LogP contribution in [0.25, 0.3) is 22.4 Å². The molecule has 1 aromatic carbocycles. The highest BCUT2D eigenvalue weighted by Gasteiger charge is 2.33. The number of pyridine rings is 1. The van der Waals surface area contributed by atoms with E-state index < -0.39 is 27.9 Å². The zero-order valence-corrected chi connectivity index (χ0v) is 26.1. The molecule has 6 rings (SSSR count). The zero-order chi connectivity index (χ0) is 32.3. The number of aliphatic hydroxyl groups is 1. The summed E-state index contributed by atoms with van der Waals surface area (Å²) < 4.78 is 70.6. The van der Waals surface area contributed by atoms with Crippen LogP contribution in [0.3, 0.4) is 0 Å². The van der Waals surface area contributed by atoms with Crippen molar-refractivity contribution in [3.8, 4) is 11.3 Å². The number of aryl methyl sites for hydroxylation is 2. The van der Waals surface area contributed by atoms with Crippen LogP contribution < -0.4 is 5.69 Å². The SMILES string of the molecule is Cc1ccc2c(n1)n(C1CCN(CC(O)Cn3nc(-c4ccc(C(F)(F)F)cc4)c4c3CCN(S(C)(=O)=O)C4)CC1)c(=O)n2C. The molecule has 5 heterocycles. The fourth-order valence-electron chi connectivity index (χ4n) is 6.52. The summed E-state index contributed by atoms with van der Waals surface area (Å²) in [5.74, 6) is 0. The summed E-state index contributed by atoms with van der Waals surface area (Å²) in [4.78, 5) is 19.8. The summed E-state index contributed by atoms with van der Waals surface area (Å²) >= 11 is 0. The van der Waals surface area contributed by atoms with E-state index in [1.165, 1.54) is 16.4 Å². The lowest BCUT2D eigenvalue weighted by Crippen LogP contribution is -2.42. The summed E-state index contributed by atoms with van der Waals surface area (Å²) in [6, 6.07) is 8.45. The molecule has 2 aliphatic rings. The van der Waals surface area contributed by atoms with Gasteiger partial charge in [0, 0.05) is 74.7 Å². The normalized spacial score (nSPS) is 18.0. The summed E-state index contributed by atoms with van der Waals surface area (Å²) in [6.07, 6.45) is -2.36. The molecule has 0 amide bonds. The van der Waals surface area contributed by atoms with Crippen molar-refractivity contribution in [1.82, 2.24) is 33.1 Å². The van der Waals surface area contributed by atoms with Crippen molar-refractivity contribution in [2.75, 3.05) is 32.4 Å². The fraction of sp³-hybridized carbons (Fsp3) is 0.500. The van der Waals surface area contributed by atoms with Gasteiger partial charge in [-0.25, -0.2) is 18.2 Å². The topological polar surface area (TPSA) is 118 Å². The molecule has 3 aromatic heterocycles. The Morgan fingerprint density at radius 3 is 2.38 bits per heavy atom. The van der Waals surface area contributed by atoms with Crippen molar-refractivity contribution in [3.05, 3.63) is 69.4 Å². The number of benzene rings is 1. The molecule has 1 saturated heterocycles. The molecule has 0 spiro atoms. The van der Waals surface area contributed by atoms with Gasteiger partial charge in [0.2, 0.25) is 10.0 Å². The molecular formula is C30H36F3N7O4S. The highest BCUT2D eigenvalue weighted by atomic mass is 32.2. The smallest absolute Gasteiger partial charge is 0.390 e.